The Labute approximate surface area is 267 Å². The number of fused-ring (bicyclic) bond motifs is 7. The van der Waals surface area contributed by atoms with Gasteiger partial charge in [-0.2, -0.15) is 0 Å². The molecule has 2 atom stereocenters. The van der Waals surface area contributed by atoms with Gasteiger partial charge in [-0.15, -0.1) is 0 Å². The van der Waals surface area contributed by atoms with Gasteiger partial charge < -0.3 is 0 Å². The van der Waals surface area contributed by atoms with Gasteiger partial charge in [0.2, 0.25) is 0 Å². The van der Waals surface area contributed by atoms with E-state index in [9.17, 15) is 0 Å². The van der Waals surface area contributed by atoms with E-state index in [-0.39, 0.29) is 11.8 Å². The van der Waals surface area contributed by atoms with Gasteiger partial charge in [-0.1, -0.05) is 158 Å². The normalized spacial score (nSPS) is 17.3. The third-order valence-corrected chi connectivity index (χ3v) is 11.0. The lowest BCUT2D eigenvalue weighted by atomic mass is 9.72. The molecule has 0 amide bonds. The maximum atomic E-state index is 2.53. The molecule has 8 aromatic rings. The van der Waals surface area contributed by atoms with Crippen molar-refractivity contribution in [1.29, 1.82) is 0 Å². The van der Waals surface area contributed by atoms with Gasteiger partial charge in [0.25, 0.3) is 0 Å². The molecule has 0 N–H and O–H groups in total. The zero-order valence-electron chi connectivity index (χ0n) is 25.2. The van der Waals surface area contributed by atoms with Crippen molar-refractivity contribution in [1.82, 2.24) is 0 Å². The van der Waals surface area contributed by atoms with Crippen LogP contribution in [-0.2, 0) is 0 Å². The van der Waals surface area contributed by atoms with Gasteiger partial charge in [0, 0.05) is 11.8 Å². The summed E-state index contributed by atoms with van der Waals surface area (Å²) >= 11 is 0. The average molecular weight is 581 g/mol. The van der Waals surface area contributed by atoms with E-state index in [0.717, 1.165) is 0 Å². The molecule has 2 unspecified atom stereocenters. The Morgan fingerprint density at radius 2 is 1.09 bits per heavy atom. The summed E-state index contributed by atoms with van der Waals surface area (Å²) < 4.78 is 0. The highest BCUT2D eigenvalue weighted by molar-refractivity contribution is 6.19. The van der Waals surface area contributed by atoms with Crippen molar-refractivity contribution in [2.45, 2.75) is 11.8 Å². The van der Waals surface area contributed by atoms with Crippen LogP contribution in [0.25, 0.3) is 83.1 Å². The largest absolute Gasteiger partial charge is 0.0754 e. The van der Waals surface area contributed by atoms with Crippen LogP contribution in [0.2, 0.25) is 0 Å². The van der Waals surface area contributed by atoms with Crippen LogP contribution >= 0.6 is 0 Å². The first-order chi connectivity index (χ1) is 22.9. The van der Waals surface area contributed by atoms with Crippen molar-refractivity contribution in [2.75, 3.05) is 0 Å². The molecular weight excluding hydrogens is 553 g/mol. The third kappa shape index (κ3) is 3.04. The van der Waals surface area contributed by atoms with E-state index in [1.54, 1.807) is 0 Å². The Hall–Kier alpha value is -5.72. The Bertz CT molecular complexity index is 2730. The summed E-state index contributed by atoms with van der Waals surface area (Å²) in [6, 6.07) is 49.6. The SMILES string of the molecule is C1=CC2c3c(c(-c4cccc5ccccc45)c4ccccc4c3-c3ccccc3)C3=CC=c4c(c1c1cccc5cccc4c51)C32. The molecule has 11 rings (SSSR count). The molecule has 0 spiro atoms. The zero-order chi connectivity index (χ0) is 29.9. The highest BCUT2D eigenvalue weighted by Gasteiger charge is 2.44. The summed E-state index contributed by atoms with van der Waals surface area (Å²) in [6.45, 7) is 0. The Balaban J connectivity index is 1.34. The van der Waals surface area contributed by atoms with E-state index in [1.165, 1.54) is 98.4 Å². The van der Waals surface area contributed by atoms with Gasteiger partial charge in [-0.25, -0.2) is 0 Å². The number of hydrogen-bond acceptors (Lipinski definition) is 0. The lowest BCUT2D eigenvalue weighted by Gasteiger charge is -2.30. The van der Waals surface area contributed by atoms with Crippen molar-refractivity contribution in [3.05, 3.63) is 173 Å². The van der Waals surface area contributed by atoms with Gasteiger partial charge in [0.15, 0.2) is 0 Å². The van der Waals surface area contributed by atoms with Crippen LogP contribution in [0, 0.1) is 0 Å². The summed E-state index contributed by atoms with van der Waals surface area (Å²) in [6.07, 6.45) is 9.90. The summed E-state index contributed by atoms with van der Waals surface area (Å²) in [4.78, 5) is 0. The van der Waals surface area contributed by atoms with E-state index in [0.29, 0.717) is 0 Å². The fourth-order valence-corrected chi connectivity index (χ4v) is 9.27. The van der Waals surface area contributed by atoms with Gasteiger partial charge in [0.05, 0.1) is 0 Å². The predicted molar refractivity (Wildman–Crippen MR) is 196 cm³/mol. The molecule has 0 heteroatoms. The second kappa shape index (κ2) is 8.93. The number of allylic oxidation sites excluding steroid dienone is 3. The van der Waals surface area contributed by atoms with Gasteiger partial charge >= 0.3 is 0 Å². The summed E-state index contributed by atoms with van der Waals surface area (Å²) in [7, 11) is 0. The number of benzene rings is 8. The molecule has 0 nitrogen and oxygen atoms in total. The van der Waals surface area contributed by atoms with E-state index in [2.05, 4.69) is 158 Å². The first-order valence-corrected chi connectivity index (χ1v) is 16.4. The maximum absolute atomic E-state index is 2.53. The molecule has 3 aliphatic carbocycles. The Morgan fingerprint density at radius 1 is 0.435 bits per heavy atom. The van der Waals surface area contributed by atoms with Gasteiger partial charge in [0.1, 0.15) is 0 Å². The predicted octanol–water partition coefficient (Wildman–Crippen LogP) is 11.4. The number of rotatable bonds is 2. The summed E-state index contributed by atoms with van der Waals surface area (Å²) in [5.74, 6) is 0.522. The van der Waals surface area contributed by atoms with Crippen LogP contribution in [0.1, 0.15) is 34.1 Å². The average Bonchev–Trinajstić information content (AvgIpc) is 3.45. The topological polar surface area (TPSA) is 0 Å². The van der Waals surface area contributed by atoms with Crippen molar-refractivity contribution in [2.24, 2.45) is 0 Å². The Kier molecular flexibility index (Phi) is 4.77. The second-order valence-electron chi connectivity index (χ2n) is 13.1. The molecule has 3 aliphatic rings. The van der Waals surface area contributed by atoms with Crippen molar-refractivity contribution < 1.29 is 0 Å². The van der Waals surface area contributed by atoms with Crippen LogP contribution in [0.4, 0.5) is 0 Å². The minimum absolute atomic E-state index is 0.252. The smallest absolute Gasteiger partial charge is 0.0212 e. The molecule has 0 fully saturated rings. The molecule has 46 heavy (non-hydrogen) atoms. The molecule has 212 valence electrons. The molecule has 0 aliphatic heterocycles. The van der Waals surface area contributed by atoms with Crippen LogP contribution in [0.15, 0.2) is 146 Å². The van der Waals surface area contributed by atoms with Crippen molar-refractivity contribution in [3.63, 3.8) is 0 Å². The fraction of sp³-hybridized carbons (Fsp3) is 0.0435. The summed E-state index contributed by atoms with van der Waals surface area (Å²) in [5.41, 5.74) is 12.6. The highest BCUT2D eigenvalue weighted by atomic mass is 14.5. The zero-order valence-corrected chi connectivity index (χ0v) is 25.2. The van der Waals surface area contributed by atoms with Gasteiger partial charge in [-0.05, 0) is 98.4 Å². The van der Waals surface area contributed by atoms with Gasteiger partial charge in [-0.3, -0.25) is 0 Å². The van der Waals surface area contributed by atoms with Crippen LogP contribution in [0.3, 0.4) is 0 Å². The van der Waals surface area contributed by atoms with Crippen LogP contribution in [-0.4, -0.2) is 0 Å². The first kappa shape index (κ1) is 24.6. The standard InChI is InChI=1S/C46H28/c1-2-12-29(13-3-1)41-34-18-6-7-19-35(34)43(31-20-8-14-27-11-4-5-17-30(27)31)46-39-26-24-37-33-22-10-16-28-15-9-21-32(40(28)33)36-23-25-38(45(41)46)44(39)42(36)37/h1-26,38,44H. The van der Waals surface area contributed by atoms with E-state index >= 15 is 0 Å². The molecule has 0 radical (unpaired) electrons. The quantitative estimate of drug-likeness (QED) is 0.191. The van der Waals surface area contributed by atoms with Crippen molar-refractivity contribution in [3.8, 4) is 22.3 Å². The molecule has 0 aromatic heterocycles. The highest BCUT2D eigenvalue weighted by Crippen LogP contribution is 2.62. The van der Waals surface area contributed by atoms with Crippen molar-refractivity contribution >= 4 is 60.8 Å². The fourth-order valence-electron chi connectivity index (χ4n) is 9.27. The molecule has 0 saturated heterocycles. The molecule has 0 bridgehead atoms. The molecular formula is C46H28. The number of hydrogen-bond donors (Lipinski definition) is 0. The minimum Gasteiger partial charge on any atom is -0.0754 e. The van der Waals surface area contributed by atoms with E-state index in [1.807, 2.05) is 0 Å². The minimum atomic E-state index is 0.252. The van der Waals surface area contributed by atoms with E-state index < -0.39 is 0 Å². The Morgan fingerprint density at radius 3 is 1.93 bits per heavy atom. The molecule has 0 heterocycles. The first-order valence-electron chi connectivity index (χ1n) is 16.4. The third-order valence-electron chi connectivity index (χ3n) is 11.0. The van der Waals surface area contributed by atoms with Crippen LogP contribution in [0.5, 0.6) is 0 Å². The maximum Gasteiger partial charge on any atom is 0.0212 e. The second-order valence-corrected chi connectivity index (χ2v) is 13.1. The molecule has 8 aromatic carbocycles. The van der Waals surface area contributed by atoms with Crippen LogP contribution < -0.4 is 5.22 Å². The van der Waals surface area contributed by atoms with E-state index in [4.69, 9.17) is 0 Å². The summed E-state index contributed by atoms with van der Waals surface area (Å²) in [5, 5.41) is 12.1. The molecule has 0 saturated carbocycles. The lowest BCUT2D eigenvalue weighted by molar-refractivity contribution is 0.779. The lowest BCUT2D eigenvalue weighted by Crippen LogP contribution is -2.23. The monoisotopic (exact) mass is 580 g/mol.